The fourth-order valence-corrected chi connectivity index (χ4v) is 0.967. The third kappa shape index (κ3) is 6.64. The molecule has 0 bridgehead atoms. The second-order valence-corrected chi connectivity index (χ2v) is 2.68. The van der Waals surface area contributed by atoms with E-state index >= 15 is 0 Å². The summed E-state index contributed by atoms with van der Waals surface area (Å²) in [6.45, 7) is 10.1. The fourth-order valence-electron chi connectivity index (χ4n) is 0.521. The predicted molar refractivity (Wildman–Crippen MR) is 63.7 cm³/mol. The van der Waals surface area contributed by atoms with Gasteiger partial charge >= 0.3 is 0 Å². The van der Waals surface area contributed by atoms with Crippen LogP contribution in [-0.4, -0.2) is 7.76 Å². The minimum absolute atomic E-state index is 1.02. The van der Waals surface area contributed by atoms with Crippen LogP contribution in [0.5, 0.6) is 0 Å². The largest absolute Gasteiger partial charge is 0.278 e. The first-order valence-corrected chi connectivity index (χ1v) is 5.48. The Labute approximate surface area is 89.9 Å². The van der Waals surface area contributed by atoms with Gasteiger partial charge < -0.3 is 0 Å². The summed E-state index contributed by atoms with van der Waals surface area (Å²) in [5.41, 5.74) is 1.15. The molecule has 1 heterocycles. The van der Waals surface area contributed by atoms with Gasteiger partial charge in [-0.3, -0.25) is 2.78 Å². The van der Waals surface area contributed by atoms with Crippen LogP contribution in [0, 0.1) is 0 Å². The molecule has 0 aliphatic rings. The quantitative estimate of drug-likeness (QED) is 0.718. The zero-order valence-corrected chi connectivity index (χ0v) is 10.8. The van der Waals surface area contributed by atoms with E-state index in [4.69, 9.17) is 0 Å². The molecule has 0 fully saturated rings. The summed E-state index contributed by atoms with van der Waals surface area (Å²) in [6.07, 6.45) is 4.84. The Morgan fingerprint density at radius 2 is 1.83 bits per heavy atom. The molecule has 0 amide bonds. The summed E-state index contributed by atoms with van der Waals surface area (Å²) >= 11 is 2.18. The Kier molecular flexibility index (Phi) is 13.2. The van der Waals surface area contributed by atoms with E-state index < -0.39 is 0 Å². The van der Waals surface area contributed by atoms with E-state index in [9.17, 15) is 0 Å². The van der Waals surface area contributed by atoms with Crippen LogP contribution in [0.4, 0.5) is 0 Å². The number of aromatic nitrogens is 2. The van der Waals surface area contributed by atoms with E-state index in [1.807, 2.05) is 36.7 Å². The van der Waals surface area contributed by atoms with Crippen LogP contribution in [0.15, 0.2) is 12.5 Å². The lowest BCUT2D eigenvalue weighted by atomic mass is 10.4. The van der Waals surface area contributed by atoms with Crippen molar-refractivity contribution < 1.29 is 0 Å². The van der Waals surface area contributed by atoms with Crippen molar-refractivity contribution in [2.24, 2.45) is 0 Å². The van der Waals surface area contributed by atoms with Gasteiger partial charge in [0.2, 0.25) is 0 Å². The highest BCUT2D eigenvalue weighted by Gasteiger charge is 1.89. The maximum Gasteiger partial charge on any atom is 0.104 e. The van der Waals surface area contributed by atoms with Crippen molar-refractivity contribution in [1.82, 2.24) is 7.76 Å². The number of imidazole rings is 1. The van der Waals surface area contributed by atoms with Crippen LogP contribution in [0.25, 0.3) is 0 Å². The molecule has 0 atom stereocenters. The topological polar surface area (TPSA) is 17.8 Å². The van der Waals surface area contributed by atoms with Crippen molar-refractivity contribution in [3.05, 3.63) is 18.2 Å². The molecule has 0 aromatic carbocycles. The standard InChI is InChI=1S/C5H7IN2.2C2H6/c1-2-5-3-8(6)4-7-5;2*1-2/h3-4H,2H2,1H3;2*1-2H3. The molecule has 0 spiro atoms. The molecule has 1 aromatic heterocycles. The van der Waals surface area contributed by atoms with Crippen molar-refractivity contribution in [3.63, 3.8) is 0 Å². The molecule has 0 unspecified atom stereocenters. The lowest BCUT2D eigenvalue weighted by Gasteiger charge is -1.79. The average Bonchev–Trinajstić information content (AvgIpc) is 2.58. The van der Waals surface area contributed by atoms with E-state index in [0.717, 1.165) is 12.1 Å². The van der Waals surface area contributed by atoms with Crippen molar-refractivity contribution in [2.45, 2.75) is 41.0 Å². The summed E-state index contributed by atoms with van der Waals surface area (Å²) in [5.74, 6) is 0. The highest BCUT2D eigenvalue weighted by Crippen LogP contribution is 1.98. The number of nitrogens with zero attached hydrogens (tertiary/aromatic N) is 2. The third-order valence-corrected chi connectivity index (χ3v) is 1.50. The summed E-state index contributed by atoms with van der Waals surface area (Å²) in [5, 5.41) is 0. The molecule has 12 heavy (non-hydrogen) atoms. The molecule has 0 saturated carbocycles. The summed E-state index contributed by atoms with van der Waals surface area (Å²) < 4.78 is 1.93. The molecule has 0 aliphatic carbocycles. The van der Waals surface area contributed by atoms with Crippen LogP contribution in [0.2, 0.25) is 0 Å². The van der Waals surface area contributed by atoms with Crippen molar-refractivity contribution in [2.75, 3.05) is 0 Å². The lowest BCUT2D eigenvalue weighted by molar-refractivity contribution is 1.06. The zero-order valence-electron chi connectivity index (χ0n) is 8.63. The van der Waals surface area contributed by atoms with E-state index in [1.54, 1.807) is 6.33 Å². The van der Waals surface area contributed by atoms with Gasteiger partial charge in [0.25, 0.3) is 0 Å². The van der Waals surface area contributed by atoms with Crippen molar-refractivity contribution >= 4 is 22.9 Å². The van der Waals surface area contributed by atoms with Gasteiger partial charge in [0, 0.05) is 6.20 Å². The van der Waals surface area contributed by atoms with Gasteiger partial charge in [-0.25, -0.2) is 4.98 Å². The Bertz CT molecular complexity index is 173. The number of aryl methyl sites for hydroxylation is 1. The molecule has 3 heteroatoms. The molecule has 0 N–H and O–H groups in total. The lowest BCUT2D eigenvalue weighted by Crippen LogP contribution is -1.74. The van der Waals surface area contributed by atoms with Gasteiger partial charge in [0.1, 0.15) is 6.33 Å². The fraction of sp³-hybridized carbons (Fsp3) is 0.667. The molecular formula is C9H19IN2. The molecule has 0 aliphatic heterocycles. The summed E-state index contributed by atoms with van der Waals surface area (Å²) in [4.78, 5) is 4.09. The third-order valence-electron chi connectivity index (χ3n) is 0.968. The van der Waals surface area contributed by atoms with Gasteiger partial charge in [-0.05, 0) is 6.42 Å². The van der Waals surface area contributed by atoms with Crippen LogP contribution >= 0.6 is 22.9 Å². The van der Waals surface area contributed by atoms with Gasteiger partial charge in [0.15, 0.2) is 0 Å². The first kappa shape index (κ1) is 14.5. The van der Waals surface area contributed by atoms with Gasteiger partial charge in [0.05, 0.1) is 28.6 Å². The second kappa shape index (κ2) is 10.9. The Morgan fingerprint density at radius 3 is 2.00 bits per heavy atom. The highest BCUT2D eigenvalue weighted by molar-refractivity contribution is 14.1. The summed E-state index contributed by atoms with van der Waals surface area (Å²) in [6, 6.07) is 0. The molecule has 72 valence electrons. The summed E-state index contributed by atoms with van der Waals surface area (Å²) in [7, 11) is 0. The highest BCUT2D eigenvalue weighted by atomic mass is 127. The van der Waals surface area contributed by atoms with E-state index in [-0.39, 0.29) is 0 Å². The maximum atomic E-state index is 4.09. The maximum absolute atomic E-state index is 4.09. The van der Waals surface area contributed by atoms with E-state index in [1.165, 1.54) is 0 Å². The smallest absolute Gasteiger partial charge is 0.104 e. The Morgan fingerprint density at radius 1 is 1.33 bits per heavy atom. The van der Waals surface area contributed by atoms with Crippen LogP contribution in [0.3, 0.4) is 0 Å². The predicted octanol–water partition coefficient (Wildman–Crippen LogP) is 3.70. The number of halogens is 1. The normalized spacial score (nSPS) is 7.50. The molecule has 2 nitrogen and oxygen atoms in total. The molecule has 0 saturated heterocycles. The molecule has 1 aromatic rings. The molecular weight excluding hydrogens is 263 g/mol. The number of hydrogen-bond acceptors (Lipinski definition) is 1. The Hall–Kier alpha value is -0.0600. The average molecular weight is 282 g/mol. The first-order valence-electron chi connectivity index (χ1n) is 4.52. The van der Waals surface area contributed by atoms with E-state index in [2.05, 4.69) is 34.8 Å². The van der Waals surface area contributed by atoms with Crippen LogP contribution in [0.1, 0.15) is 40.3 Å². The number of rotatable bonds is 1. The Balaban J connectivity index is 0. The second-order valence-electron chi connectivity index (χ2n) is 1.56. The van der Waals surface area contributed by atoms with Crippen molar-refractivity contribution in [1.29, 1.82) is 0 Å². The van der Waals surface area contributed by atoms with Crippen molar-refractivity contribution in [3.8, 4) is 0 Å². The SMILES string of the molecule is CC.CC.CCc1cn(I)cn1. The molecule has 0 radical (unpaired) electrons. The first-order chi connectivity index (χ1) is 5.83. The minimum atomic E-state index is 1.02. The monoisotopic (exact) mass is 282 g/mol. The number of hydrogen-bond donors (Lipinski definition) is 0. The molecule has 1 rings (SSSR count). The van der Waals surface area contributed by atoms with Gasteiger partial charge in [-0.2, -0.15) is 0 Å². The zero-order chi connectivity index (χ0) is 9.98. The van der Waals surface area contributed by atoms with E-state index in [0.29, 0.717) is 0 Å². The minimum Gasteiger partial charge on any atom is -0.278 e. The van der Waals surface area contributed by atoms with Gasteiger partial charge in [-0.1, -0.05) is 34.6 Å². The van der Waals surface area contributed by atoms with Crippen LogP contribution < -0.4 is 0 Å². The van der Waals surface area contributed by atoms with Crippen LogP contribution in [-0.2, 0) is 6.42 Å². The van der Waals surface area contributed by atoms with Gasteiger partial charge in [-0.15, -0.1) is 0 Å².